The molecular formula is H10ClN3O4S. The molecule has 0 aliphatic carbocycles. The van der Waals surface area contributed by atoms with E-state index >= 15 is 0 Å². The van der Waals surface area contributed by atoms with Gasteiger partial charge in [0.05, 0.1) is 0 Å². The Kier molecular flexibility index (Phi) is 27.9. The summed E-state index contributed by atoms with van der Waals surface area (Å²) in [6, 6.07) is 0. The molecule has 0 aromatic rings. The minimum atomic E-state index is -4.67. The van der Waals surface area contributed by atoms with E-state index in [4.69, 9.17) is 17.5 Å². The number of halogens is 1. The Balaban J connectivity index is -0.0000000286. The third-order valence-electron chi connectivity index (χ3n) is 0. The first-order valence-corrected chi connectivity index (χ1v) is 2.43. The van der Waals surface area contributed by atoms with Gasteiger partial charge in [-0.2, -0.15) is 8.42 Å². The third kappa shape index (κ3) is 183000. The molecule has 0 saturated heterocycles. The lowest BCUT2D eigenvalue weighted by atomic mass is 13.0. The first-order valence-electron chi connectivity index (χ1n) is 1.03. The lowest BCUT2D eigenvalue weighted by Crippen LogP contribution is -2.02. The predicted molar refractivity (Wildman–Crippen MR) is 34.8 cm³/mol. The van der Waals surface area contributed by atoms with E-state index in [0.29, 0.717) is 0 Å². The maximum Gasteiger partial charge on any atom is 0.394 e. The van der Waals surface area contributed by atoms with Crippen molar-refractivity contribution in [3.05, 3.63) is 0 Å². The molecule has 0 amide bonds. The fraction of sp³-hybridized carbons (Fsp3) is 0. The molecule has 0 aromatic heterocycles. The largest absolute Gasteiger partial charge is 0.394 e. The SMILES string of the molecule is Cl.N.NN.O=S(=O)(O)O. The van der Waals surface area contributed by atoms with Crippen LogP contribution in [-0.2, 0) is 10.4 Å². The fourth-order valence-corrected chi connectivity index (χ4v) is 0. The van der Waals surface area contributed by atoms with Crippen LogP contribution in [0.4, 0.5) is 0 Å². The van der Waals surface area contributed by atoms with Crippen molar-refractivity contribution in [3.63, 3.8) is 0 Å². The van der Waals surface area contributed by atoms with Crippen molar-refractivity contribution >= 4 is 22.8 Å². The summed E-state index contributed by atoms with van der Waals surface area (Å²) in [4.78, 5) is 0. The van der Waals surface area contributed by atoms with Gasteiger partial charge in [0.2, 0.25) is 0 Å². The van der Waals surface area contributed by atoms with Gasteiger partial charge in [0.1, 0.15) is 0 Å². The van der Waals surface area contributed by atoms with E-state index in [9.17, 15) is 0 Å². The first-order chi connectivity index (χ1) is 3.00. The molecule has 0 atom stereocenters. The van der Waals surface area contributed by atoms with Gasteiger partial charge in [-0.3, -0.25) is 20.8 Å². The number of nitrogens with two attached hydrogens (primary N) is 2. The van der Waals surface area contributed by atoms with E-state index in [2.05, 4.69) is 11.7 Å². The van der Waals surface area contributed by atoms with Gasteiger partial charge < -0.3 is 6.15 Å². The molecule has 0 aromatic carbocycles. The topological polar surface area (TPSA) is 162 Å². The number of rotatable bonds is 0. The number of hydrogen-bond acceptors (Lipinski definition) is 5. The van der Waals surface area contributed by atoms with Gasteiger partial charge in [-0.05, 0) is 0 Å². The van der Waals surface area contributed by atoms with E-state index in [-0.39, 0.29) is 18.6 Å². The summed E-state index contributed by atoms with van der Waals surface area (Å²) in [5, 5.41) is 0. The van der Waals surface area contributed by atoms with E-state index in [1.807, 2.05) is 0 Å². The molecule has 0 saturated carbocycles. The molecule has 0 spiro atoms. The fourth-order valence-electron chi connectivity index (χ4n) is 0. The van der Waals surface area contributed by atoms with E-state index in [0.717, 1.165) is 0 Å². The Labute approximate surface area is 59.0 Å². The Morgan fingerprint density at radius 3 is 1.11 bits per heavy atom. The smallest absolute Gasteiger partial charge is 0.344 e. The second kappa shape index (κ2) is 10.9. The molecule has 7 nitrogen and oxygen atoms in total. The molecule has 0 rings (SSSR count). The summed E-state index contributed by atoms with van der Waals surface area (Å²) >= 11 is 0. The van der Waals surface area contributed by atoms with Crippen LogP contribution in [0, 0.1) is 0 Å². The molecule has 9 N–H and O–H groups in total. The van der Waals surface area contributed by atoms with Gasteiger partial charge in [0, 0.05) is 0 Å². The van der Waals surface area contributed by atoms with Crippen LogP contribution >= 0.6 is 12.4 Å². The van der Waals surface area contributed by atoms with Gasteiger partial charge >= 0.3 is 10.4 Å². The minimum absolute atomic E-state index is 0. The highest BCUT2D eigenvalue weighted by Crippen LogP contribution is 1.59. The van der Waals surface area contributed by atoms with Crippen molar-refractivity contribution in [3.8, 4) is 0 Å². The minimum Gasteiger partial charge on any atom is -0.344 e. The molecule has 9 heteroatoms. The molecule has 0 bridgehead atoms. The van der Waals surface area contributed by atoms with Crippen LogP contribution in [0.25, 0.3) is 0 Å². The van der Waals surface area contributed by atoms with Crippen LogP contribution in [-0.4, -0.2) is 17.5 Å². The maximum atomic E-state index is 8.74. The van der Waals surface area contributed by atoms with Crippen molar-refractivity contribution in [2.45, 2.75) is 0 Å². The van der Waals surface area contributed by atoms with Gasteiger partial charge in [-0.25, -0.2) is 0 Å². The summed E-state index contributed by atoms with van der Waals surface area (Å²) in [5.41, 5.74) is 0. The second-order valence-corrected chi connectivity index (χ2v) is 1.34. The Bertz CT molecular complexity index is 99.0. The summed E-state index contributed by atoms with van der Waals surface area (Å²) < 4.78 is 31.6. The molecule has 9 heavy (non-hydrogen) atoms. The predicted octanol–water partition coefficient (Wildman–Crippen LogP) is -1.25. The molecule has 0 radical (unpaired) electrons. The van der Waals surface area contributed by atoms with Crippen molar-refractivity contribution in [1.29, 1.82) is 0 Å². The standard InChI is InChI=1S/ClH.H4N2.H3N.H2O4S/c;1-2;;1-5(2,3)4/h1H;1-2H2;1H3;(H2,1,2,3,4). The maximum absolute atomic E-state index is 8.74. The van der Waals surface area contributed by atoms with Crippen LogP contribution in [0.15, 0.2) is 0 Å². The number of hydrazine groups is 1. The second-order valence-electron chi connectivity index (χ2n) is 0.448. The zero-order chi connectivity index (χ0) is 6.50. The van der Waals surface area contributed by atoms with Crippen molar-refractivity contribution < 1.29 is 17.5 Å². The third-order valence-corrected chi connectivity index (χ3v) is 0. The molecule has 0 aliphatic heterocycles. The molecule has 62 valence electrons. The highest BCUT2D eigenvalue weighted by Gasteiger charge is 1.84. The molecular weight excluding hydrogens is 174 g/mol. The monoisotopic (exact) mass is 183 g/mol. The zero-order valence-electron chi connectivity index (χ0n) is 4.39. The lowest BCUT2D eigenvalue weighted by Gasteiger charge is -1.68. The van der Waals surface area contributed by atoms with Gasteiger partial charge in [-0.15, -0.1) is 12.4 Å². The van der Waals surface area contributed by atoms with Crippen LogP contribution in [0.1, 0.15) is 0 Å². The number of hydrogen-bond donors (Lipinski definition) is 5. The Morgan fingerprint density at radius 1 is 1.11 bits per heavy atom. The first kappa shape index (κ1) is 23.0. The highest BCUT2D eigenvalue weighted by atomic mass is 35.5. The van der Waals surface area contributed by atoms with Crippen LogP contribution in [0.3, 0.4) is 0 Å². The molecule has 0 aliphatic rings. The van der Waals surface area contributed by atoms with E-state index in [1.165, 1.54) is 0 Å². The Morgan fingerprint density at radius 2 is 1.11 bits per heavy atom. The lowest BCUT2D eigenvalue weighted by molar-refractivity contribution is 0.381. The average molecular weight is 184 g/mol. The van der Waals surface area contributed by atoms with Crippen molar-refractivity contribution in [1.82, 2.24) is 6.15 Å². The quantitative estimate of drug-likeness (QED) is 0.178. The van der Waals surface area contributed by atoms with Gasteiger partial charge in [0.25, 0.3) is 0 Å². The Hall–Kier alpha value is 0.0400. The van der Waals surface area contributed by atoms with Crippen molar-refractivity contribution in [2.24, 2.45) is 11.7 Å². The summed E-state index contributed by atoms with van der Waals surface area (Å²) in [7, 11) is -4.67. The van der Waals surface area contributed by atoms with E-state index < -0.39 is 10.4 Å². The summed E-state index contributed by atoms with van der Waals surface area (Å²) in [6.45, 7) is 0. The van der Waals surface area contributed by atoms with Gasteiger partial charge in [-0.1, -0.05) is 0 Å². The molecule has 0 fully saturated rings. The van der Waals surface area contributed by atoms with E-state index in [1.54, 1.807) is 0 Å². The van der Waals surface area contributed by atoms with Crippen LogP contribution < -0.4 is 17.8 Å². The normalized spacial score (nSPS) is 7.11. The summed E-state index contributed by atoms with van der Waals surface area (Å²) in [5.74, 6) is 8.00. The molecule has 0 heterocycles. The average Bonchev–Trinajstić information content (AvgIpc) is 1.36. The highest BCUT2D eigenvalue weighted by molar-refractivity contribution is 7.79. The van der Waals surface area contributed by atoms with Gasteiger partial charge in [0.15, 0.2) is 0 Å². The summed E-state index contributed by atoms with van der Waals surface area (Å²) in [6.07, 6.45) is 0. The molecule has 0 unspecified atom stereocenters. The van der Waals surface area contributed by atoms with Crippen LogP contribution in [0.2, 0.25) is 0 Å². The zero-order valence-corrected chi connectivity index (χ0v) is 6.02. The van der Waals surface area contributed by atoms with Crippen LogP contribution in [0.5, 0.6) is 0 Å². The van der Waals surface area contributed by atoms with Crippen molar-refractivity contribution in [2.75, 3.05) is 0 Å².